The van der Waals surface area contributed by atoms with E-state index in [0.29, 0.717) is 5.41 Å². The van der Waals surface area contributed by atoms with E-state index in [4.69, 9.17) is 10.5 Å². The first-order valence-electron chi connectivity index (χ1n) is 6.05. The Labute approximate surface area is 96.8 Å². The van der Waals surface area contributed by atoms with Crippen molar-refractivity contribution in [2.45, 2.75) is 43.6 Å². The van der Waals surface area contributed by atoms with E-state index in [1.54, 1.807) is 7.11 Å². The fourth-order valence-electron chi connectivity index (χ4n) is 2.99. The molecule has 2 saturated carbocycles. The average Bonchev–Trinajstić information content (AvgIpc) is 3.13. The second-order valence-corrected chi connectivity index (χ2v) is 5.42. The lowest BCUT2D eigenvalue weighted by Gasteiger charge is -2.24. The highest BCUT2D eigenvalue weighted by atomic mass is 16.5. The van der Waals surface area contributed by atoms with Gasteiger partial charge in [-0.3, -0.25) is 0 Å². The van der Waals surface area contributed by atoms with Crippen LogP contribution in [0.3, 0.4) is 0 Å². The van der Waals surface area contributed by atoms with Gasteiger partial charge in [0.15, 0.2) is 0 Å². The first-order chi connectivity index (χ1) is 7.61. The summed E-state index contributed by atoms with van der Waals surface area (Å²) in [5.74, 6) is 0.974. The number of aryl methyl sites for hydroxylation is 1. The van der Waals surface area contributed by atoms with E-state index in [0.717, 1.165) is 5.75 Å². The molecule has 0 amide bonds. The van der Waals surface area contributed by atoms with Crippen molar-refractivity contribution in [1.29, 1.82) is 0 Å². The van der Waals surface area contributed by atoms with Crippen LogP contribution in [0.4, 0.5) is 0 Å². The number of nitrogens with two attached hydrogens (primary N) is 1. The van der Waals surface area contributed by atoms with Crippen molar-refractivity contribution < 1.29 is 4.74 Å². The lowest BCUT2D eigenvalue weighted by atomic mass is 9.85. The van der Waals surface area contributed by atoms with Gasteiger partial charge >= 0.3 is 0 Å². The van der Waals surface area contributed by atoms with Gasteiger partial charge in [-0.05, 0) is 49.8 Å². The first kappa shape index (κ1) is 10.2. The van der Waals surface area contributed by atoms with Crippen LogP contribution in [0, 0.1) is 6.92 Å². The molecule has 0 radical (unpaired) electrons. The fourth-order valence-corrected chi connectivity index (χ4v) is 2.99. The van der Waals surface area contributed by atoms with Crippen molar-refractivity contribution in [1.82, 2.24) is 0 Å². The summed E-state index contributed by atoms with van der Waals surface area (Å²) in [7, 11) is 1.72. The largest absolute Gasteiger partial charge is 0.496 e. The fraction of sp³-hybridized carbons (Fsp3) is 0.571. The van der Waals surface area contributed by atoms with Gasteiger partial charge in [0.05, 0.1) is 7.11 Å². The smallest absolute Gasteiger partial charge is 0.121 e. The van der Waals surface area contributed by atoms with Crippen molar-refractivity contribution in [2.75, 3.05) is 7.11 Å². The molecule has 0 heterocycles. The molecule has 2 N–H and O–H groups in total. The van der Waals surface area contributed by atoms with Crippen LogP contribution in [0.5, 0.6) is 5.75 Å². The highest BCUT2D eigenvalue weighted by Crippen LogP contribution is 2.63. The number of rotatable bonds is 3. The van der Waals surface area contributed by atoms with E-state index < -0.39 is 0 Å². The standard InChI is InChI=1S/C14H19NO/c1-10-9-11(3-4-12(10)16-2)13(5-6-13)14(15)7-8-14/h3-4,9H,5-8,15H2,1-2H3. The Balaban J connectivity index is 1.99. The summed E-state index contributed by atoms with van der Waals surface area (Å²) in [5, 5.41) is 0. The van der Waals surface area contributed by atoms with Gasteiger partial charge < -0.3 is 10.5 Å². The molecule has 2 aliphatic rings. The van der Waals surface area contributed by atoms with E-state index in [2.05, 4.69) is 25.1 Å². The van der Waals surface area contributed by atoms with Gasteiger partial charge in [-0.1, -0.05) is 12.1 Å². The zero-order chi connectivity index (χ0) is 11.4. The number of ether oxygens (including phenoxy) is 1. The monoisotopic (exact) mass is 217 g/mol. The summed E-state index contributed by atoms with van der Waals surface area (Å²) in [6, 6.07) is 6.54. The third-order valence-electron chi connectivity index (χ3n) is 4.44. The van der Waals surface area contributed by atoms with E-state index in [1.165, 1.54) is 36.8 Å². The average molecular weight is 217 g/mol. The molecule has 86 valence electrons. The Morgan fingerprint density at radius 1 is 1.19 bits per heavy atom. The van der Waals surface area contributed by atoms with Crippen LogP contribution in [0.25, 0.3) is 0 Å². The van der Waals surface area contributed by atoms with Crippen LogP contribution in [0.15, 0.2) is 18.2 Å². The van der Waals surface area contributed by atoms with E-state index in [9.17, 15) is 0 Å². The van der Waals surface area contributed by atoms with Crippen molar-refractivity contribution >= 4 is 0 Å². The number of hydrogen-bond donors (Lipinski definition) is 1. The summed E-state index contributed by atoms with van der Waals surface area (Å²) < 4.78 is 5.30. The van der Waals surface area contributed by atoms with Crippen molar-refractivity contribution in [2.24, 2.45) is 5.73 Å². The molecule has 16 heavy (non-hydrogen) atoms. The Morgan fingerprint density at radius 3 is 2.31 bits per heavy atom. The molecule has 0 bridgehead atoms. The molecule has 2 nitrogen and oxygen atoms in total. The second-order valence-electron chi connectivity index (χ2n) is 5.42. The van der Waals surface area contributed by atoms with E-state index in [-0.39, 0.29) is 5.54 Å². The second kappa shape index (κ2) is 3.01. The van der Waals surface area contributed by atoms with Crippen molar-refractivity contribution in [3.05, 3.63) is 29.3 Å². The van der Waals surface area contributed by atoms with Gasteiger partial charge in [0.1, 0.15) is 5.75 Å². The minimum atomic E-state index is 0.105. The molecular weight excluding hydrogens is 198 g/mol. The Kier molecular flexibility index (Phi) is 1.91. The van der Waals surface area contributed by atoms with Crippen LogP contribution in [-0.4, -0.2) is 12.6 Å². The number of benzene rings is 1. The van der Waals surface area contributed by atoms with Gasteiger partial charge in [-0.2, -0.15) is 0 Å². The summed E-state index contributed by atoms with van der Waals surface area (Å²) in [6.07, 6.45) is 4.90. The zero-order valence-electron chi connectivity index (χ0n) is 10.0. The number of methoxy groups -OCH3 is 1. The normalized spacial score (nSPS) is 23.9. The molecule has 1 aromatic rings. The molecule has 0 saturated heterocycles. The van der Waals surface area contributed by atoms with Crippen LogP contribution < -0.4 is 10.5 Å². The van der Waals surface area contributed by atoms with Gasteiger partial charge in [-0.25, -0.2) is 0 Å². The third-order valence-corrected chi connectivity index (χ3v) is 4.44. The molecule has 0 unspecified atom stereocenters. The van der Waals surface area contributed by atoms with Gasteiger partial charge in [0.2, 0.25) is 0 Å². The highest BCUT2D eigenvalue weighted by Gasteiger charge is 2.63. The Hall–Kier alpha value is -1.02. The summed E-state index contributed by atoms with van der Waals surface area (Å²) >= 11 is 0. The van der Waals surface area contributed by atoms with Crippen LogP contribution >= 0.6 is 0 Å². The molecule has 2 aliphatic carbocycles. The summed E-state index contributed by atoms with van der Waals surface area (Å²) in [4.78, 5) is 0. The SMILES string of the molecule is COc1ccc(C2(C3(N)CC3)CC2)cc1C. The van der Waals surface area contributed by atoms with Gasteiger partial charge in [0, 0.05) is 11.0 Å². The highest BCUT2D eigenvalue weighted by molar-refractivity contribution is 5.46. The molecule has 1 aromatic carbocycles. The van der Waals surface area contributed by atoms with E-state index >= 15 is 0 Å². The maximum absolute atomic E-state index is 6.41. The maximum atomic E-state index is 6.41. The topological polar surface area (TPSA) is 35.2 Å². The predicted molar refractivity (Wildman–Crippen MR) is 64.8 cm³/mol. The maximum Gasteiger partial charge on any atom is 0.121 e. The van der Waals surface area contributed by atoms with Gasteiger partial charge in [0.25, 0.3) is 0 Å². The molecule has 0 aliphatic heterocycles. The van der Waals surface area contributed by atoms with Gasteiger partial charge in [-0.15, -0.1) is 0 Å². The van der Waals surface area contributed by atoms with Crippen molar-refractivity contribution in [3.63, 3.8) is 0 Å². The molecule has 0 atom stereocenters. The Bertz CT molecular complexity index is 430. The zero-order valence-corrected chi connectivity index (χ0v) is 10.0. The van der Waals surface area contributed by atoms with Crippen LogP contribution in [-0.2, 0) is 5.41 Å². The molecule has 0 spiro atoms. The van der Waals surface area contributed by atoms with Crippen LogP contribution in [0.2, 0.25) is 0 Å². The molecule has 2 fully saturated rings. The van der Waals surface area contributed by atoms with Crippen molar-refractivity contribution in [3.8, 4) is 5.75 Å². The summed E-state index contributed by atoms with van der Waals surface area (Å²) in [5.41, 5.74) is 9.45. The Morgan fingerprint density at radius 2 is 1.88 bits per heavy atom. The van der Waals surface area contributed by atoms with Crippen LogP contribution in [0.1, 0.15) is 36.8 Å². The quantitative estimate of drug-likeness (QED) is 0.844. The first-order valence-corrected chi connectivity index (χ1v) is 6.05. The number of hydrogen-bond acceptors (Lipinski definition) is 2. The minimum Gasteiger partial charge on any atom is -0.496 e. The van der Waals surface area contributed by atoms with E-state index in [1.807, 2.05) is 0 Å². The minimum absolute atomic E-state index is 0.105. The lowest BCUT2D eigenvalue weighted by molar-refractivity contribution is 0.410. The third kappa shape index (κ3) is 1.23. The lowest BCUT2D eigenvalue weighted by Crippen LogP contribution is -2.37. The molecular formula is C14H19NO. The molecule has 2 heteroatoms. The molecule has 3 rings (SSSR count). The molecule has 0 aromatic heterocycles. The summed E-state index contributed by atoms with van der Waals surface area (Å²) in [6.45, 7) is 2.11. The predicted octanol–water partition coefficient (Wildman–Crippen LogP) is 2.53.